The number of carboxylic acids is 1. The molecule has 1 heterocycles. The number of aliphatic carboxylic acids is 1. The standard InChI is InChI=1S/C27H29NO5/c1-31-21-14-15-23(25(18-21)32-2)26(28-16-7-6-13-24(28)27(29)30)19-9-8-12-22(17-19)33-20-10-4-3-5-11-20/h3-5,8-12,14-15,17-18,24,26H,6-7,13,16H2,1-2H3,(H,29,30). The van der Waals surface area contributed by atoms with E-state index in [-0.39, 0.29) is 6.04 Å². The molecule has 0 aliphatic carbocycles. The number of carboxylic acid groups (broad SMARTS) is 1. The normalized spacial score (nSPS) is 17.2. The lowest BCUT2D eigenvalue weighted by molar-refractivity contribution is -0.145. The molecule has 3 aromatic rings. The van der Waals surface area contributed by atoms with Crippen LogP contribution < -0.4 is 14.2 Å². The number of hydrogen-bond acceptors (Lipinski definition) is 5. The molecule has 0 aromatic heterocycles. The van der Waals surface area contributed by atoms with Crippen molar-refractivity contribution in [3.63, 3.8) is 0 Å². The Morgan fingerprint density at radius 1 is 0.909 bits per heavy atom. The minimum absolute atomic E-state index is 0.313. The number of piperidine rings is 1. The van der Waals surface area contributed by atoms with Gasteiger partial charge in [0, 0.05) is 11.6 Å². The molecule has 33 heavy (non-hydrogen) atoms. The Balaban J connectivity index is 1.80. The van der Waals surface area contributed by atoms with E-state index in [4.69, 9.17) is 14.2 Å². The number of methoxy groups -OCH3 is 2. The van der Waals surface area contributed by atoms with Gasteiger partial charge >= 0.3 is 5.97 Å². The first kappa shape index (κ1) is 22.7. The van der Waals surface area contributed by atoms with Gasteiger partial charge in [0.25, 0.3) is 0 Å². The Labute approximate surface area is 194 Å². The van der Waals surface area contributed by atoms with Crippen molar-refractivity contribution in [3.8, 4) is 23.0 Å². The highest BCUT2D eigenvalue weighted by atomic mass is 16.5. The van der Waals surface area contributed by atoms with Gasteiger partial charge in [0.05, 0.1) is 20.3 Å². The smallest absolute Gasteiger partial charge is 0.320 e. The number of nitrogens with zero attached hydrogens (tertiary/aromatic N) is 1. The lowest BCUT2D eigenvalue weighted by atomic mass is 9.91. The molecule has 2 unspecified atom stereocenters. The molecule has 0 amide bonds. The van der Waals surface area contributed by atoms with Crippen LogP contribution in [0.15, 0.2) is 72.8 Å². The van der Waals surface area contributed by atoms with Gasteiger partial charge in [-0.2, -0.15) is 0 Å². The molecule has 1 saturated heterocycles. The van der Waals surface area contributed by atoms with E-state index < -0.39 is 12.0 Å². The second kappa shape index (κ2) is 10.4. The first-order valence-electron chi connectivity index (χ1n) is 11.1. The van der Waals surface area contributed by atoms with E-state index in [0.717, 1.165) is 29.7 Å². The lowest BCUT2D eigenvalue weighted by Crippen LogP contribution is -2.46. The highest BCUT2D eigenvalue weighted by molar-refractivity contribution is 5.74. The zero-order chi connectivity index (χ0) is 23.2. The summed E-state index contributed by atoms with van der Waals surface area (Å²) in [5, 5.41) is 9.99. The van der Waals surface area contributed by atoms with E-state index in [1.54, 1.807) is 14.2 Å². The number of para-hydroxylation sites is 1. The fraction of sp³-hybridized carbons (Fsp3) is 0.296. The molecule has 6 heteroatoms. The second-order valence-electron chi connectivity index (χ2n) is 8.09. The number of benzene rings is 3. The third-order valence-corrected chi connectivity index (χ3v) is 6.05. The average molecular weight is 448 g/mol. The minimum Gasteiger partial charge on any atom is -0.497 e. The highest BCUT2D eigenvalue weighted by Gasteiger charge is 2.36. The zero-order valence-corrected chi connectivity index (χ0v) is 18.9. The van der Waals surface area contributed by atoms with Gasteiger partial charge in [-0.25, -0.2) is 0 Å². The summed E-state index contributed by atoms with van der Waals surface area (Å²) in [4.78, 5) is 14.2. The van der Waals surface area contributed by atoms with Gasteiger partial charge in [-0.15, -0.1) is 0 Å². The van der Waals surface area contributed by atoms with Crippen LogP contribution in [0.2, 0.25) is 0 Å². The van der Waals surface area contributed by atoms with Gasteiger partial charge < -0.3 is 19.3 Å². The summed E-state index contributed by atoms with van der Waals surface area (Å²) in [5.41, 5.74) is 1.84. The van der Waals surface area contributed by atoms with Crippen molar-refractivity contribution in [1.29, 1.82) is 0 Å². The Bertz CT molecular complexity index is 1080. The molecule has 0 radical (unpaired) electrons. The van der Waals surface area contributed by atoms with Crippen molar-refractivity contribution in [3.05, 3.63) is 83.9 Å². The average Bonchev–Trinajstić information content (AvgIpc) is 2.85. The summed E-state index contributed by atoms with van der Waals surface area (Å²) in [6.45, 7) is 0.681. The monoisotopic (exact) mass is 447 g/mol. The number of likely N-dealkylation sites (tertiary alicyclic amines) is 1. The van der Waals surface area contributed by atoms with Crippen molar-refractivity contribution in [2.75, 3.05) is 20.8 Å². The first-order chi connectivity index (χ1) is 16.1. The quantitative estimate of drug-likeness (QED) is 0.490. The molecule has 4 rings (SSSR count). The molecule has 6 nitrogen and oxygen atoms in total. The summed E-state index contributed by atoms with van der Waals surface area (Å²) in [6, 6.07) is 22.2. The van der Waals surface area contributed by atoms with Gasteiger partial charge in [-0.3, -0.25) is 9.69 Å². The molecule has 0 spiro atoms. The van der Waals surface area contributed by atoms with E-state index >= 15 is 0 Å². The summed E-state index contributed by atoms with van der Waals surface area (Å²) in [5.74, 6) is 1.98. The summed E-state index contributed by atoms with van der Waals surface area (Å²) < 4.78 is 17.2. The van der Waals surface area contributed by atoms with Crippen LogP contribution in [0, 0.1) is 0 Å². The Morgan fingerprint density at radius 3 is 2.42 bits per heavy atom. The van der Waals surface area contributed by atoms with Gasteiger partial charge in [-0.1, -0.05) is 36.8 Å². The SMILES string of the molecule is COc1ccc(C(c2cccc(Oc3ccccc3)c2)N2CCCCC2C(=O)O)c(OC)c1. The first-order valence-corrected chi connectivity index (χ1v) is 11.1. The van der Waals surface area contributed by atoms with Crippen LogP contribution in [-0.4, -0.2) is 42.8 Å². The Morgan fingerprint density at radius 2 is 1.70 bits per heavy atom. The van der Waals surface area contributed by atoms with Gasteiger partial charge in [0.15, 0.2) is 0 Å². The Hall–Kier alpha value is -3.51. The lowest BCUT2D eigenvalue weighted by Gasteiger charge is -2.40. The molecular formula is C27H29NO5. The number of carbonyl (C=O) groups is 1. The topological polar surface area (TPSA) is 68.2 Å². The maximum Gasteiger partial charge on any atom is 0.320 e. The number of ether oxygens (including phenoxy) is 3. The molecule has 2 atom stereocenters. The van der Waals surface area contributed by atoms with E-state index in [9.17, 15) is 9.90 Å². The van der Waals surface area contributed by atoms with Crippen molar-refractivity contribution < 1.29 is 24.1 Å². The van der Waals surface area contributed by atoms with Crippen LogP contribution in [0.1, 0.15) is 36.4 Å². The molecule has 1 fully saturated rings. The third-order valence-electron chi connectivity index (χ3n) is 6.05. The van der Waals surface area contributed by atoms with E-state index in [2.05, 4.69) is 4.90 Å². The predicted molar refractivity (Wildman–Crippen MR) is 126 cm³/mol. The third kappa shape index (κ3) is 5.12. The summed E-state index contributed by atoms with van der Waals surface area (Å²) in [6.07, 6.45) is 2.46. The molecule has 0 bridgehead atoms. The summed E-state index contributed by atoms with van der Waals surface area (Å²) >= 11 is 0. The maximum absolute atomic E-state index is 12.2. The number of rotatable bonds is 8. The van der Waals surface area contributed by atoms with E-state index in [1.165, 1.54) is 0 Å². The molecule has 1 aliphatic rings. The van der Waals surface area contributed by atoms with Crippen LogP contribution >= 0.6 is 0 Å². The molecule has 1 aliphatic heterocycles. The highest BCUT2D eigenvalue weighted by Crippen LogP contribution is 2.41. The van der Waals surface area contributed by atoms with Crippen molar-refractivity contribution in [2.24, 2.45) is 0 Å². The molecule has 0 saturated carbocycles. The van der Waals surface area contributed by atoms with Crippen molar-refractivity contribution in [1.82, 2.24) is 4.90 Å². The van der Waals surface area contributed by atoms with Crippen LogP contribution in [0.4, 0.5) is 0 Å². The van der Waals surface area contributed by atoms with E-state index in [1.807, 2.05) is 72.8 Å². The summed E-state index contributed by atoms with van der Waals surface area (Å²) in [7, 11) is 3.23. The van der Waals surface area contributed by atoms with E-state index in [0.29, 0.717) is 30.2 Å². The molecule has 3 aromatic carbocycles. The zero-order valence-electron chi connectivity index (χ0n) is 18.9. The van der Waals surface area contributed by atoms with Gasteiger partial charge in [0.1, 0.15) is 29.0 Å². The second-order valence-corrected chi connectivity index (χ2v) is 8.09. The minimum atomic E-state index is -0.802. The Kier molecular flexibility index (Phi) is 7.15. The number of hydrogen-bond donors (Lipinski definition) is 1. The largest absolute Gasteiger partial charge is 0.497 e. The molecular weight excluding hydrogens is 418 g/mol. The van der Waals surface area contributed by atoms with Crippen LogP contribution in [0.25, 0.3) is 0 Å². The molecule has 1 N–H and O–H groups in total. The van der Waals surface area contributed by atoms with Gasteiger partial charge in [-0.05, 0) is 61.3 Å². The van der Waals surface area contributed by atoms with Crippen molar-refractivity contribution >= 4 is 5.97 Å². The van der Waals surface area contributed by atoms with Gasteiger partial charge in [0.2, 0.25) is 0 Å². The molecule has 172 valence electrons. The van der Waals surface area contributed by atoms with Crippen LogP contribution in [0.3, 0.4) is 0 Å². The predicted octanol–water partition coefficient (Wildman–Crippen LogP) is 5.52. The fourth-order valence-corrected chi connectivity index (χ4v) is 4.49. The van der Waals surface area contributed by atoms with Crippen LogP contribution in [-0.2, 0) is 4.79 Å². The van der Waals surface area contributed by atoms with Crippen molar-refractivity contribution in [2.45, 2.75) is 31.3 Å². The van der Waals surface area contributed by atoms with Crippen LogP contribution in [0.5, 0.6) is 23.0 Å². The maximum atomic E-state index is 12.2. The fourth-order valence-electron chi connectivity index (χ4n) is 4.49.